The van der Waals surface area contributed by atoms with Crippen LogP contribution >= 0.6 is 0 Å². The Morgan fingerprint density at radius 1 is 1.25 bits per heavy atom. The normalized spacial score (nSPS) is 11.8. The van der Waals surface area contributed by atoms with Crippen molar-refractivity contribution in [2.24, 2.45) is 0 Å². The van der Waals surface area contributed by atoms with E-state index >= 15 is 0 Å². The van der Waals surface area contributed by atoms with Crippen molar-refractivity contribution in [3.05, 3.63) is 24.3 Å². The molecule has 0 amide bonds. The van der Waals surface area contributed by atoms with E-state index in [4.69, 9.17) is 15.2 Å². The Morgan fingerprint density at radius 2 is 1.95 bits per heavy atom. The summed E-state index contributed by atoms with van der Waals surface area (Å²) in [7, 11) is -3.33. The number of hydrogen-bond donors (Lipinski definition) is 2. The third kappa shape index (κ3) is 6.74. The number of nitrogens with two attached hydrogens (primary N) is 1. The van der Waals surface area contributed by atoms with Gasteiger partial charge in [0.1, 0.15) is 12.4 Å². The summed E-state index contributed by atoms with van der Waals surface area (Å²) < 4.78 is 36.3. The third-order valence-electron chi connectivity index (χ3n) is 2.40. The zero-order valence-corrected chi connectivity index (χ0v) is 12.7. The molecule has 0 aliphatic heterocycles. The van der Waals surface area contributed by atoms with E-state index in [0.29, 0.717) is 11.4 Å². The van der Waals surface area contributed by atoms with Crippen LogP contribution < -0.4 is 15.2 Å². The fourth-order valence-corrected chi connectivity index (χ4v) is 2.29. The van der Waals surface area contributed by atoms with E-state index < -0.39 is 10.0 Å². The van der Waals surface area contributed by atoms with Crippen molar-refractivity contribution < 1.29 is 17.9 Å². The number of hydrogen-bond acceptors (Lipinski definition) is 5. The fourth-order valence-electron chi connectivity index (χ4n) is 1.44. The Hall–Kier alpha value is -1.31. The Morgan fingerprint density at radius 3 is 2.60 bits per heavy atom. The molecule has 0 saturated heterocycles. The molecule has 6 nitrogen and oxygen atoms in total. The Labute approximate surface area is 120 Å². The summed E-state index contributed by atoms with van der Waals surface area (Å²) in [5, 5.41) is 0. The van der Waals surface area contributed by atoms with Gasteiger partial charge in [0.15, 0.2) is 0 Å². The minimum absolute atomic E-state index is 0.0228. The zero-order chi connectivity index (χ0) is 15.0. The lowest BCUT2D eigenvalue weighted by molar-refractivity contribution is 0.0911. The topological polar surface area (TPSA) is 90.7 Å². The van der Waals surface area contributed by atoms with Crippen LogP contribution in [0.2, 0.25) is 0 Å². The van der Waals surface area contributed by atoms with Gasteiger partial charge in [-0.2, -0.15) is 0 Å². The third-order valence-corrected chi connectivity index (χ3v) is 3.75. The average Bonchev–Trinajstić information content (AvgIpc) is 2.36. The number of nitrogens with one attached hydrogen (secondary N) is 1. The van der Waals surface area contributed by atoms with Crippen molar-refractivity contribution in [1.29, 1.82) is 0 Å². The predicted molar refractivity (Wildman–Crippen MR) is 79.2 cm³/mol. The summed E-state index contributed by atoms with van der Waals surface area (Å²) in [6.07, 6.45) is 0.0228. The van der Waals surface area contributed by atoms with E-state index in [1.165, 1.54) is 0 Å². The van der Waals surface area contributed by atoms with Gasteiger partial charge in [0.05, 0.1) is 24.2 Å². The van der Waals surface area contributed by atoms with Crippen LogP contribution in [0.1, 0.15) is 13.8 Å². The van der Waals surface area contributed by atoms with Gasteiger partial charge < -0.3 is 15.2 Å². The van der Waals surface area contributed by atoms with Crippen LogP contribution in [0, 0.1) is 0 Å². The summed E-state index contributed by atoms with van der Waals surface area (Å²) in [6, 6.07) is 7.07. The molecule has 0 aromatic heterocycles. The minimum Gasteiger partial charge on any atom is -0.490 e. The van der Waals surface area contributed by atoms with Gasteiger partial charge in [0.2, 0.25) is 10.0 Å². The highest BCUT2D eigenvalue weighted by molar-refractivity contribution is 7.89. The van der Waals surface area contributed by atoms with Crippen LogP contribution in [0.25, 0.3) is 0 Å². The molecule has 0 radical (unpaired) electrons. The lowest BCUT2D eigenvalue weighted by atomic mass is 10.3. The van der Waals surface area contributed by atoms with Gasteiger partial charge in [-0.05, 0) is 26.0 Å². The SMILES string of the molecule is CC(C)OCCS(=O)(=O)NCCOc1ccccc1N. The molecule has 0 unspecified atom stereocenters. The number of rotatable bonds is 9. The first-order chi connectivity index (χ1) is 9.41. The summed E-state index contributed by atoms with van der Waals surface area (Å²) in [6.45, 7) is 4.31. The smallest absolute Gasteiger partial charge is 0.213 e. The highest BCUT2D eigenvalue weighted by Gasteiger charge is 2.10. The highest BCUT2D eigenvalue weighted by Crippen LogP contribution is 2.19. The molecule has 1 aromatic carbocycles. The first-order valence-electron chi connectivity index (χ1n) is 6.47. The molecular weight excluding hydrogens is 280 g/mol. The molecule has 0 atom stereocenters. The molecule has 0 aliphatic carbocycles. The molecule has 0 bridgehead atoms. The summed E-state index contributed by atoms with van der Waals surface area (Å²) in [5.74, 6) is 0.494. The average molecular weight is 302 g/mol. The van der Waals surface area contributed by atoms with Crippen LogP contribution in [0.5, 0.6) is 5.75 Å². The van der Waals surface area contributed by atoms with Crippen molar-refractivity contribution >= 4 is 15.7 Å². The molecule has 1 rings (SSSR count). The molecule has 0 heterocycles. The van der Waals surface area contributed by atoms with Gasteiger partial charge in [0, 0.05) is 6.54 Å². The van der Waals surface area contributed by atoms with Crippen LogP contribution in [-0.2, 0) is 14.8 Å². The maximum Gasteiger partial charge on any atom is 0.213 e. The second-order valence-electron chi connectivity index (χ2n) is 4.52. The first-order valence-corrected chi connectivity index (χ1v) is 8.12. The van der Waals surface area contributed by atoms with Gasteiger partial charge >= 0.3 is 0 Å². The Balaban J connectivity index is 2.25. The maximum absolute atomic E-state index is 11.6. The van der Waals surface area contributed by atoms with Crippen molar-refractivity contribution in [3.8, 4) is 5.75 Å². The molecule has 0 fully saturated rings. The van der Waals surface area contributed by atoms with Gasteiger partial charge in [-0.1, -0.05) is 12.1 Å². The summed E-state index contributed by atoms with van der Waals surface area (Å²) in [5.41, 5.74) is 6.23. The van der Waals surface area contributed by atoms with E-state index in [0.717, 1.165) is 0 Å². The second-order valence-corrected chi connectivity index (χ2v) is 6.45. The van der Waals surface area contributed by atoms with Gasteiger partial charge in [-0.3, -0.25) is 0 Å². The molecule has 3 N–H and O–H groups in total. The maximum atomic E-state index is 11.6. The number of para-hydroxylation sites is 2. The van der Waals surface area contributed by atoms with Crippen LogP contribution in [0.15, 0.2) is 24.3 Å². The largest absolute Gasteiger partial charge is 0.490 e. The number of anilines is 1. The van der Waals surface area contributed by atoms with Crippen molar-refractivity contribution in [3.63, 3.8) is 0 Å². The molecule has 7 heteroatoms. The fraction of sp³-hybridized carbons (Fsp3) is 0.538. The van der Waals surface area contributed by atoms with Crippen molar-refractivity contribution in [2.45, 2.75) is 20.0 Å². The second kappa shape index (κ2) is 8.08. The molecule has 1 aromatic rings. The lowest BCUT2D eigenvalue weighted by Gasteiger charge is -2.11. The molecule has 114 valence electrons. The van der Waals surface area contributed by atoms with E-state index in [2.05, 4.69) is 4.72 Å². The molecule has 0 aliphatic rings. The summed E-state index contributed by atoms with van der Waals surface area (Å²) >= 11 is 0. The molecule has 0 spiro atoms. The van der Waals surface area contributed by atoms with E-state index in [1.54, 1.807) is 24.3 Å². The summed E-state index contributed by atoms with van der Waals surface area (Å²) in [4.78, 5) is 0. The van der Waals surface area contributed by atoms with Crippen molar-refractivity contribution in [2.75, 3.05) is 31.2 Å². The lowest BCUT2D eigenvalue weighted by Crippen LogP contribution is -2.32. The minimum atomic E-state index is -3.33. The standard InChI is InChI=1S/C13H22N2O4S/c1-11(2)18-9-10-20(16,17)15-7-8-19-13-6-4-3-5-12(13)14/h3-6,11,15H,7-10,14H2,1-2H3. The Kier molecular flexibility index (Phi) is 6.77. The van der Waals surface area contributed by atoms with Crippen LogP contribution in [0.4, 0.5) is 5.69 Å². The van der Waals surface area contributed by atoms with Crippen LogP contribution in [-0.4, -0.2) is 40.0 Å². The van der Waals surface area contributed by atoms with Gasteiger partial charge in [0.25, 0.3) is 0 Å². The number of ether oxygens (including phenoxy) is 2. The number of sulfonamides is 1. The van der Waals surface area contributed by atoms with Crippen LogP contribution in [0.3, 0.4) is 0 Å². The highest BCUT2D eigenvalue weighted by atomic mass is 32.2. The monoisotopic (exact) mass is 302 g/mol. The van der Waals surface area contributed by atoms with E-state index in [1.807, 2.05) is 13.8 Å². The number of benzene rings is 1. The molecule has 0 saturated carbocycles. The van der Waals surface area contributed by atoms with Crippen molar-refractivity contribution in [1.82, 2.24) is 4.72 Å². The van der Waals surface area contributed by atoms with E-state index in [-0.39, 0.29) is 31.6 Å². The predicted octanol–water partition coefficient (Wildman–Crippen LogP) is 0.992. The zero-order valence-electron chi connectivity index (χ0n) is 11.8. The first kappa shape index (κ1) is 16.7. The van der Waals surface area contributed by atoms with E-state index in [9.17, 15) is 8.42 Å². The van der Waals surface area contributed by atoms with Gasteiger partial charge in [-0.15, -0.1) is 0 Å². The number of nitrogen functional groups attached to an aromatic ring is 1. The van der Waals surface area contributed by atoms with Gasteiger partial charge in [-0.25, -0.2) is 13.1 Å². The Bertz CT molecular complexity index is 503. The molecule has 20 heavy (non-hydrogen) atoms. The molecular formula is C13H22N2O4S. The quantitative estimate of drug-likeness (QED) is 0.524.